The molecule has 0 saturated carbocycles. The number of amides is 1. The molecular formula is C14H16BrF3N2O. The minimum Gasteiger partial charge on any atom is -0.384 e. The average molecular weight is 365 g/mol. The van der Waals surface area contributed by atoms with Crippen LogP contribution in [0.15, 0.2) is 22.7 Å². The molecule has 116 valence electrons. The van der Waals surface area contributed by atoms with Gasteiger partial charge in [0, 0.05) is 36.2 Å². The van der Waals surface area contributed by atoms with E-state index < -0.39 is 11.7 Å². The summed E-state index contributed by atoms with van der Waals surface area (Å²) in [6, 6.07) is 3.75. The van der Waals surface area contributed by atoms with Crippen molar-refractivity contribution >= 4 is 27.5 Å². The molecule has 3 nitrogen and oxygen atoms in total. The number of carbonyl (C=O) groups is 1. The summed E-state index contributed by atoms with van der Waals surface area (Å²) in [5.74, 6) is -0.0106. The van der Waals surface area contributed by atoms with E-state index in [0.717, 1.165) is 32.0 Å². The van der Waals surface area contributed by atoms with Gasteiger partial charge in [0.05, 0.1) is 5.56 Å². The van der Waals surface area contributed by atoms with Crippen LogP contribution in [0.3, 0.4) is 0 Å². The molecule has 0 aliphatic carbocycles. The fraction of sp³-hybridized carbons (Fsp3) is 0.500. The number of hydrogen-bond donors (Lipinski definition) is 1. The van der Waals surface area contributed by atoms with E-state index in [4.69, 9.17) is 0 Å². The molecule has 0 spiro atoms. The van der Waals surface area contributed by atoms with Crippen LogP contribution in [0.5, 0.6) is 0 Å². The van der Waals surface area contributed by atoms with Crippen LogP contribution in [0, 0.1) is 0 Å². The lowest BCUT2D eigenvalue weighted by atomic mass is 10.1. The Morgan fingerprint density at radius 3 is 2.57 bits per heavy atom. The third-order valence-corrected chi connectivity index (χ3v) is 3.89. The number of carbonyl (C=O) groups excluding carboxylic acids is 1. The van der Waals surface area contributed by atoms with Gasteiger partial charge in [-0.2, -0.15) is 13.2 Å². The SMILES string of the molecule is O=C(CCNc1cc(Br)ccc1C(F)(F)F)N1CCCC1. The molecule has 0 bridgehead atoms. The Kier molecular flexibility index (Phi) is 5.13. The van der Waals surface area contributed by atoms with Gasteiger partial charge in [-0.1, -0.05) is 15.9 Å². The summed E-state index contributed by atoms with van der Waals surface area (Å²) in [7, 11) is 0. The Hall–Kier alpha value is -1.24. The van der Waals surface area contributed by atoms with Gasteiger partial charge >= 0.3 is 6.18 Å². The zero-order chi connectivity index (χ0) is 15.5. The highest BCUT2D eigenvalue weighted by molar-refractivity contribution is 9.10. The number of anilines is 1. The van der Waals surface area contributed by atoms with E-state index in [1.165, 1.54) is 12.1 Å². The van der Waals surface area contributed by atoms with Gasteiger partial charge in [0.1, 0.15) is 0 Å². The van der Waals surface area contributed by atoms with Crippen molar-refractivity contribution in [3.63, 3.8) is 0 Å². The maximum absolute atomic E-state index is 12.9. The molecule has 1 amide bonds. The van der Waals surface area contributed by atoms with E-state index in [9.17, 15) is 18.0 Å². The Morgan fingerprint density at radius 2 is 1.95 bits per heavy atom. The van der Waals surface area contributed by atoms with E-state index in [2.05, 4.69) is 21.2 Å². The number of benzene rings is 1. The third kappa shape index (κ3) is 4.36. The zero-order valence-corrected chi connectivity index (χ0v) is 12.9. The predicted octanol–water partition coefficient (Wildman–Crippen LogP) is 3.89. The predicted molar refractivity (Wildman–Crippen MR) is 78.1 cm³/mol. The Labute approximate surface area is 129 Å². The molecule has 1 N–H and O–H groups in total. The Balaban J connectivity index is 1.96. The summed E-state index contributed by atoms with van der Waals surface area (Å²) >= 11 is 3.16. The minimum absolute atomic E-state index is 0.00824. The van der Waals surface area contributed by atoms with E-state index >= 15 is 0 Å². The summed E-state index contributed by atoms with van der Waals surface area (Å²) in [6.45, 7) is 1.70. The number of rotatable bonds is 4. The second-order valence-electron chi connectivity index (χ2n) is 4.95. The molecule has 1 aromatic rings. The second-order valence-corrected chi connectivity index (χ2v) is 5.87. The molecule has 2 rings (SSSR count). The van der Waals surface area contributed by atoms with Crippen molar-refractivity contribution in [2.45, 2.75) is 25.4 Å². The van der Waals surface area contributed by atoms with Crippen molar-refractivity contribution in [1.29, 1.82) is 0 Å². The van der Waals surface area contributed by atoms with Crippen molar-refractivity contribution in [2.24, 2.45) is 0 Å². The van der Waals surface area contributed by atoms with Gasteiger partial charge in [-0.05, 0) is 31.0 Å². The van der Waals surface area contributed by atoms with E-state index in [-0.39, 0.29) is 24.6 Å². The molecule has 1 saturated heterocycles. The van der Waals surface area contributed by atoms with Gasteiger partial charge < -0.3 is 10.2 Å². The molecule has 1 aliphatic rings. The smallest absolute Gasteiger partial charge is 0.384 e. The lowest BCUT2D eigenvalue weighted by Crippen LogP contribution is -2.29. The molecule has 7 heteroatoms. The van der Waals surface area contributed by atoms with Crippen molar-refractivity contribution in [3.8, 4) is 0 Å². The largest absolute Gasteiger partial charge is 0.418 e. The minimum atomic E-state index is -4.41. The highest BCUT2D eigenvalue weighted by Crippen LogP contribution is 2.36. The van der Waals surface area contributed by atoms with Crippen molar-refractivity contribution in [1.82, 2.24) is 4.90 Å². The average Bonchev–Trinajstić information content (AvgIpc) is 2.91. The van der Waals surface area contributed by atoms with Crippen LogP contribution in [0.1, 0.15) is 24.8 Å². The first kappa shape index (κ1) is 16.1. The molecule has 21 heavy (non-hydrogen) atoms. The molecule has 1 aromatic carbocycles. The fourth-order valence-corrected chi connectivity index (χ4v) is 2.70. The summed E-state index contributed by atoms with van der Waals surface area (Å²) < 4.78 is 39.2. The first-order chi connectivity index (χ1) is 9.88. The van der Waals surface area contributed by atoms with Crippen LogP contribution in [-0.2, 0) is 11.0 Å². The molecule has 0 radical (unpaired) electrons. The van der Waals surface area contributed by atoms with Crippen LogP contribution >= 0.6 is 15.9 Å². The molecule has 1 fully saturated rings. The fourth-order valence-electron chi connectivity index (χ4n) is 2.34. The first-order valence-corrected chi connectivity index (χ1v) is 7.55. The number of hydrogen-bond acceptors (Lipinski definition) is 2. The summed E-state index contributed by atoms with van der Waals surface area (Å²) in [6.07, 6.45) is -2.21. The first-order valence-electron chi connectivity index (χ1n) is 6.76. The highest BCUT2D eigenvalue weighted by Gasteiger charge is 2.33. The Bertz CT molecular complexity index is 513. The lowest BCUT2D eigenvalue weighted by Gasteiger charge is -2.17. The van der Waals surface area contributed by atoms with Gasteiger partial charge in [-0.25, -0.2) is 0 Å². The normalized spacial score (nSPS) is 15.3. The van der Waals surface area contributed by atoms with Crippen LogP contribution in [0.2, 0.25) is 0 Å². The number of halogens is 4. The number of nitrogens with zero attached hydrogens (tertiary/aromatic N) is 1. The van der Waals surface area contributed by atoms with Crippen LogP contribution < -0.4 is 5.32 Å². The zero-order valence-electron chi connectivity index (χ0n) is 11.3. The summed E-state index contributed by atoms with van der Waals surface area (Å²) in [4.78, 5) is 13.6. The molecule has 0 aromatic heterocycles. The van der Waals surface area contributed by atoms with Gasteiger partial charge in [0.2, 0.25) is 5.91 Å². The van der Waals surface area contributed by atoms with Gasteiger partial charge in [0.15, 0.2) is 0 Å². The van der Waals surface area contributed by atoms with Gasteiger partial charge in [-0.15, -0.1) is 0 Å². The van der Waals surface area contributed by atoms with Crippen molar-refractivity contribution in [3.05, 3.63) is 28.2 Å². The third-order valence-electron chi connectivity index (χ3n) is 3.40. The quantitative estimate of drug-likeness (QED) is 0.878. The molecule has 0 atom stereocenters. The Morgan fingerprint density at radius 1 is 1.29 bits per heavy atom. The van der Waals surface area contributed by atoms with Crippen molar-refractivity contribution < 1.29 is 18.0 Å². The lowest BCUT2D eigenvalue weighted by molar-refractivity contribution is -0.137. The van der Waals surface area contributed by atoms with E-state index in [1.54, 1.807) is 4.90 Å². The standard InChI is InChI=1S/C14H16BrF3N2O/c15-10-3-4-11(14(16,17)18)12(9-10)19-6-5-13(21)20-7-1-2-8-20/h3-4,9,19H,1-2,5-8H2. The van der Waals surface area contributed by atoms with Crippen LogP contribution in [0.25, 0.3) is 0 Å². The number of likely N-dealkylation sites (tertiary alicyclic amines) is 1. The van der Waals surface area contributed by atoms with Crippen LogP contribution in [-0.4, -0.2) is 30.4 Å². The molecule has 1 aliphatic heterocycles. The maximum atomic E-state index is 12.9. The number of nitrogens with one attached hydrogen (secondary N) is 1. The highest BCUT2D eigenvalue weighted by atomic mass is 79.9. The molecule has 1 heterocycles. The second kappa shape index (κ2) is 6.68. The van der Waals surface area contributed by atoms with Gasteiger partial charge in [0.25, 0.3) is 0 Å². The summed E-state index contributed by atoms with van der Waals surface area (Å²) in [5, 5.41) is 2.72. The van der Waals surface area contributed by atoms with E-state index in [0.29, 0.717) is 4.47 Å². The molecule has 0 unspecified atom stereocenters. The van der Waals surface area contributed by atoms with Crippen molar-refractivity contribution in [2.75, 3.05) is 25.0 Å². The maximum Gasteiger partial charge on any atom is 0.418 e. The molecular weight excluding hydrogens is 349 g/mol. The summed E-state index contributed by atoms with van der Waals surface area (Å²) in [5.41, 5.74) is -0.731. The van der Waals surface area contributed by atoms with Gasteiger partial charge in [-0.3, -0.25) is 4.79 Å². The number of alkyl halides is 3. The monoisotopic (exact) mass is 364 g/mol. The van der Waals surface area contributed by atoms with Crippen LogP contribution in [0.4, 0.5) is 18.9 Å². The topological polar surface area (TPSA) is 32.3 Å². The van der Waals surface area contributed by atoms with E-state index in [1.807, 2.05) is 0 Å².